The third-order valence-corrected chi connectivity index (χ3v) is 2.10. The Morgan fingerprint density at radius 2 is 2.38 bits per heavy atom. The van der Waals surface area contributed by atoms with Gasteiger partial charge in [-0.25, -0.2) is 4.98 Å². The number of ether oxygens (including phenoxy) is 1. The van der Waals surface area contributed by atoms with Crippen LogP contribution in [0.3, 0.4) is 0 Å². The summed E-state index contributed by atoms with van der Waals surface area (Å²) >= 11 is 0. The minimum Gasteiger partial charge on any atom is -0.385 e. The summed E-state index contributed by atoms with van der Waals surface area (Å²) in [6.07, 6.45) is 2.45. The molecule has 0 aliphatic heterocycles. The van der Waals surface area contributed by atoms with Crippen molar-refractivity contribution in [2.45, 2.75) is 6.42 Å². The first-order valence-electron chi connectivity index (χ1n) is 5.19. The van der Waals surface area contributed by atoms with Crippen molar-refractivity contribution in [1.82, 2.24) is 10.3 Å². The van der Waals surface area contributed by atoms with E-state index in [1.807, 2.05) is 0 Å². The zero-order valence-electron chi connectivity index (χ0n) is 9.62. The van der Waals surface area contributed by atoms with E-state index in [1.54, 1.807) is 32.5 Å². The van der Waals surface area contributed by atoms with Gasteiger partial charge >= 0.3 is 0 Å². The number of carbonyl (C=O) groups excluding carboxylic acids is 1. The van der Waals surface area contributed by atoms with Gasteiger partial charge < -0.3 is 15.4 Å². The summed E-state index contributed by atoms with van der Waals surface area (Å²) in [5.41, 5.74) is 0.558. The topological polar surface area (TPSA) is 63.2 Å². The third-order valence-electron chi connectivity index (χ3n) is 2.10. The number of anilines is 1. The number of rotatable bonds is 6. The summed E-state index contributed by atoms with van der Waals surface area (Å²) in [5, 5.41) is 5.69. The number of carbonyl (C=O) groups is 1. The molecule has 0 radical (unpaired) electrons. The number of hydrogen-bond acceptors (Lipinski definition) is 4. The van der Waals surface area contributed by atoms with E-state index in [1.165, 1.54) is 0 Å². The lowest BCUT2D eigenvalue weighted by Gasteiger charge is -2.08. The van der Waals surface area contributed by atoms with Gasteiger partial charge in [0.25, 0.3) is 5.91 Å². The molecule has 0 fully saturated rings. The van der Waals surface area contributed by atoms with E-state index in [4.69, 9.17) is 4.74 Å². The summed E-state index contributed by atoms with van der Waals surface area (Å²) < 4.78 is 4.90. The number of aromatic nitrogens is 1. The average Bonchev–Trinajstić information content (AvgIpc) is 2.34. The number of pyridine rings is 1. The molecule has 1 heterocycles. The fourth-order valence-electron chi connectivity index (χ4n) is 1.30. The number of amides is 1. The molecule has 0 aliphatic carbocycles. The average molecular weight is 223 g/mol. The van der Waals surface area contributed by atoms with Crippen molar-refractivity contribution in [2.24, 2.45) is 0 Å². The second-order valence-electron chi connectivity index (χ2n) is 3.25. The monoisotopic (exact) mass is 223 g/mol. The number of nitrogens with one attached hydrogen (secondary N) is 2. The largest absolute Gasteiger partial charge is 0.385 e. The molecule has 1 amide bonds. The quantitative estimate of drug-likeness (QED) is 0.703. The molecular formula is C11H17N3O2. The van der Waals surface area contributed by atoms with Gasteiger partial charge in [0.2, 0.25) is 0 Å². The second kappa shape index (κ2) is 6.79. The first kappa shape index (κ1) is 12.4. The number of hydrogen-bond donors (Lipinski definition) is 2. The highest BCUT2D eigenvalue weighted by Crippen LogP contribution is 2.09. The van der Waals surface area contributed by atoms with E-state index in [-0.39, 0.29) is 5.91 Å². The van der Waals surface area contributed by atoms with Crippen LogP contribution in [0.5, 0.6) is 0 Å². The molecule has 5 heteroatoms. The first-order valence-corrected chi connectivity index (χ1v) is 5.19. The minimum atomic E-state index is -0.117. The zero-order chi connectivity index (χ0) is 11.8. The Labute approximate surface area is 95.2 Å². The number of nitrogens with zero attached hydrogens (tertiary/aromatic N) is 1. The van der Waals surface area contributed by atoms with Crippen molar-refractivity contribution < 1.29 is 9.53 Å². The molecule has 1 aromatic heterocycles. The normalized spacial score (nSPS) is 9.88. The van der Waals surface area contributed by atoms with E-state index >= 15 is 0 Å². The maximum atomic E-state index is 11.8. The van der Waals surface area contributed by atoms with Crippen LogP contribution in [0.15, 0.2) is 18.3 Å². The zero-order valence-corrected chi connectivity index (χ0v) is 9.62. The Morgan fingerprint density at radius 3 is 3.06 bits per heavy atom. The van der Waals surface area contributed by atoms with E-state index in [2.05, 4.69) is 15.6 Å². The van der Waals surface area contributed by atoms with E-state index in [0.717, 1.165) is 6.42 Å². The molecule has 5 nitrogen and oxygen atoms in total. The Morgan fingerprint density at radius 1 is 1.56 bits per heavy atom. The Kier molecular flexibility index (Phi) is 5.28. The minimum absolute atomic E-state index is 0.117. The van der Waals surface area contributed by atoms with Crippen LogP contribution in [0.25, 0.3) is 0 Å². The molecule has 2 N–H and O–H groups in total. The summed E-state index contributed by atoms with van der Waals surface area (Å²) in [5.74, 6) is 0.472. The van der Waals surface area contributed by atoms with E-state index < -0.39 is 0 Å². The van der Waals surface area contributed by atoms with Gasteiger partial charge in [-0.1, -0.05) is 0 Å². The van der Waals surface area contributed by atoms with E-state index in [9.17, 15) is 4.79 Å². The van der Waals surface area contributed by atoms with Crippen LogP contribution in [0.2, 0.25) is 0 Å². The highest BCUT2D eigenvalue weighted by molar-refractivity contribution is 5.98. The van der Waals surface area contributed by atoms with Crippen molar-refractivity contribution in [3.8, 4) is 0 Å². The highest BCUT2D eigenvalue weighted by atomic mass is 16.5. The molecule has 0 spiro atoms. The highest BCUT2D eigenvalue weighted by Gasteiger charge is 2.09. The van der Waals surface area contributed by atoms with Crippen LogP contribution < -0.4 is 10.6 Å². The molecule has 16 heavy (non-hydrogen) atoms. The number of methoxy groups -OCH3 is 1. The molecule has 0 saturated carbocycles. The maximum Gasteiger partial charge on any atom is 0.255 e. The molecule has 88 valence electrons. The predicted molar refractivity (Wildman–Crippen MR) is 62.6 cm³/mol. The van der Waals surface area contributed by atoms with Crippen molar-refractivity contribution in [1.29, 1.82) is 0 Å². The Bertz CT molecular complexity index is 342. The molecule has 1 aromatic rings. The smallest absolute Gasteiger partial charge is 0.255 e. The summed E-state index contributed by atoms with van der Waals surface area (Å²) in [6.45, 7) is 1.25. The van der Waals surface area contributed by atoms with Gasteiger partial charge in [-0.15, -0.1) is 0 Å². The Balaban J connectivity index is 2.52. The van der Waals surface area contributed by atoms with E-state index in [0.29, 0.717) is 24.5 Å². The maximum absolute atomic E-state index is 11.8. The van der Waals surface area contributed by atoms with Gasteiger partial charge in [0.1, 0.15) is 5.82 Å². The van der Waals surface area contributed by atoms with Gasteiger partial charge in [0, 0.05) is 33.5 Å². The molecule has 0 unspecified atom stereocenters. The van der Waals surface area contributed by atoms with Gasteiger partial charge in [0.15, 0.2) is 0 Å². The summed E-state index contributed by atoms with van der Waals surface area (Å²) in [7, 11) is 3.38. The van der Waals surface area contributed by atoms with Gasteiger partial charge in [-0.2, -0.15) is 0 Å². The molecule has 1 rings (SSSR count). The standard InChI is InChI=1S/C11H17N3O2/c1-12-10-9(5-3-6-13-10)11(15)14-7-4-8-16-2/h3,5-6H,4,7-8H2,1-2H3,(H,12,13)(H,14,15). The van der Waals surface area contributed by atoms with Gasteiger partial charge in [0.05, 0.1) is 5.56 Å². The van der Waals surface area contributed by atoms with Crippen molar-refractivity contribution in [3.05, 3.63) is 23.9 Å². The SMILES string of the molecule is CNc1ncccc1C(=O)NCCCOC. The van der Waals surface area contributed by atoms with Crippen LogP contribution in [-0.2, 0) is 4.74 Å². The molecule has 0 saturated heterocycles. The lowest BCUT2D eigenvalue weighted by atomic mass is 10.2. The van der Waals surface area contributed by atoms with Crippen molar-refractivity contribution in [3.63, 3.8) is 0 Å². The van der Waals surface area contributed by atoms with Crippen molar-refractivity contribution >= 4 is 11.7 Å². The van der Waals surface area contributed by atoms with Crippen molar-refractivity contribution in [2.75, 3.05) is 32.6 Å². The molecule has 0 atom stereocenters. The van der Waals surface area contributed by atoms with Gasteiger partial charge in [-0.05, 0) is 18.6 Å². The fraction of sp³-hybridized carbons (Fsp3) is 0.455. The lowest BCUT2D eigenvalue weighted by molar-refractivity contribution is 0.0949. The summed E-state index contributed by atoms with van der Waals surface area (Å²) in [4.78, 5) is 15.8. The summed E-state index contributed by atoms with van der Waals surface area (Å²) in [6, 6.07) is 3.48. The second-order valence-corrected chi connectivity index (χ2v) is 3.25. The third kappa shape index (κ3) is 3.51. The van der Waals surface area contributed by atoms with Crippen LogP contribution >= 0.6 is 0 Å². The van der Waals surface area contributed by atoms with Crippen LogP contribution in [0, 0.1) is 0 Å². The van der Waals surface area contributed by atoms with Crippen LogP contribution in [-0.4, -0.2) is 38.2 Å². The fourth-order valence-corrected chi connectivity index (χ4v) is 1.30. The molecule has 0 aromatic carbocycles. The molecular weight excluding hydrogens is 206 g/mol. The Hall–Kier alpha value is -1.62. The van der Waals surface area contributed by atoms with Crippen LogP contribution in [0.1, 0.15) is 16.8 Å². The lowest BCUT2D eigenvalue weighted by Crippen LogP contribution is -2.26. The first-order chi connectivity index (χ1) is 7.79. The van der Waals surface area contributed by atoms with Gasteiger partial charge in [-0.3, -0.25) is 4.79 Å². The molecule has 0 aliphatic rings. The molecule has 0 bridgehead atoms. The predicted octanol–water partition coefficient (Wildman–Crippen LogP) is 0.890. The van der Waals surface area contributed by atoms with Crippen LogP contribution in [0.4, 0.5) is 5.82 Å².